The Bertz CT molecular complexity index is 1100. The van der Waals surface area contributed by atoms with Crippen LogP contribution < -0.4 is 5.32 Å². The molecule has 3 fully saturated rings. The second-order valence-electron chi connectivity index (χ2n) is 11.6. The summed E-state index contributed by atoms with van der Waals surface area (Å²) in [7, 11) is -1.60. The predicted molar refractivity (Wildman–Crippen MR) is 154 cm³/mol. The molecule has 12 heteroatoms. The molecule has 0 aromatic heterocycles. The highest BCUT2D eigenvalue weighted by molar-refractivity contribution is 6.41. The zero-order valence-corrected chi connectivity index (χ0v) is 24.1. The summed E-state index contributed by atoms with van der Waals surface area (Å²) in [6.45, 7) is 9.67. The van der Waals surface area contributed by atoms with Crippen LogP contribution in [0.2, 0.25) is 6.32 Å². The number of carbonyl (C=O) groups excluding carboxylic acids is 2. The number of ether oxygens (including phenoxy) is 2. The van der Waals surface area contributed by atoms with Crippen molar-refractivity contribution in [2.75, 3.05) is 52.5 Å². The molecule has 0 radical (unpaired) electrons. The van der Waals surface area contributed by atoms with Crippen molar-refractivity contribution in [1.29, 1.82) is 5.26 Å². The van der Waals surface area contributed by atoms with E-state index in [1.807, 2.05) is 19.9 Å². The summed E-state index contributed by atoms with van der Waals surface area (Å²) in [5.41, 5.74) is 0.341. The number of piperazine rings is 1. The van der Waals surface area contributed by atoms with Crippen LogP contribution in [0, 0.1) is 11.3 Å². The number of rotatable bonds is 10. The molecule has 2 amide bonds. The molecule has 3 saturated heterocycles. The summed E-state index contributed by atoms with van der Waals surface area (Å²) in [5.74, 6) is -0.342. The van der Waals surface area contributed by atoms with E-state index in [1.54, 1.807) is 35.2 Å². The van der Waals surface area contributed by atoms with E-state index in [-0.39, 0.29) is 30.4 Å². The zero-order chi connectivity index (χ0) is 29.4. The number of nitrogens with zero attached hydrogens (tertiary/aromatic N) is 4. The largest absolute Gasteiger partial charge is 0.453 e. The van der Waals surface area contributed by atoms with Crippen LogP contribution in [0.5, 0.6) is 0 Å². The molecule has 2 atom stereocenters. The highest BCUT2D eigenvalue weighted by Crippen LogP contribution is 2.25. The fourth-order valence-corrected chi connectivity index (χ4v) is 5.81. The summed E-state index contributed by atoms with van der Waals surface area (Å²) >= 11 is 0. The van der Waals surface area contributed by atoms with Gasteiger partial charge in [0, 0.05) is 44.6 Å². The SMILES string of the molecule is CC(C)(C=C(C#N)C(=O)N1CCCC[C@@H]1COC(=O)N[C@H](CB(O)O)c1ccccc1)N1CCN(C2COC2)CC1. The normalized spacial score (nSPS) is 21.9. The monoisotopic (exact) mass is 567 g/mol. The van der Waals surface area contributed by atoms with Gasteiger partial charge in [0.15, 0.2) is 0 Å². The van der Waals surface area contributed by atoms with Crippen molar-refractivity contribution < 1.29 is 29.1 Å². The van der Waals surface area contributed by atoms with Gasteiger partial charge >= 0.3 is 13.2 Å². The van der Waals surface area contributed by atoms with Gasteiger partial charge in [0.2, 0.25) is 0 Å². The number of carbonyl (C=O) groups is 2. The first-order valence-corrected chi connectivity index (χ1v) is 14.5. The summed E-state index contributed by atoms with van der Waals surface area (Å²) in [6, 6.07) is 10.6. The van der Waals surface area contributed by atoms with E-state index in [0.29, 0.717) is 19.0 Å². The van der Waals surface area contributed by atoms with Gasteiger partial charge in [0.05, 0.1) is 31.3 Å². The molecule has 0 aliphatic carbocycles. The Morgan fingerprint density at radius 1 is 1.17 bits per heavy atom. The fraction of sp³-hybridized carbons (Fsp3) is 0.621. The Morgan fingerprint density at radius 2 is 1.88 bits per heavy atom. The number of nitrogens with one attached hydrogen (secondary N) is 1. The number of hydrogen-bond donors (Lipinski definition) is 3. The van der Waals surface area contributed by atoms with E-state index >= 15 is 0 Å². The maximum Gasteiger partial charge on any atom is 0.453 e. The minimum atomic E-state index is -1.60. The molecule has 1 aromatic carbocycles. The fourth-order valence-electron chi connectivity index (χ4n) is 5.81. The molecule has 41 heavy (non-hydrogen) atoms. The molecule has 3 aliphatic heterocycles. The number of nitriles is 1. The Labute approximate surface area is 242 Å². The number of benzene rings is 1. The van der Waals surface area contributed by atoms with Gasteiger partial charge in [-0.05, 0) is 44.7 Å². The lowest BCUT2D eigenvalue weighted by molar-refractivity contribution is -0.131. The van der Waals surface area contributed by atoms with Crippen molar-refractivity contribution in [3.63, 3.8) is 0 Å². The van der Waals surface area contributed by atoms with Crippen molar-refractivity contribution in [2.45, 2.75) is 63.1 Å². The molecular weight excluding hydrogens is 525 g/mol. The molecule has 0 saturated carbocycles. The summed E-state index contributed by atoms with van der Waals surface area (Å²) in [5, 5.41) is 31.7. The van der Waals surface area contributed by atoms with Crippen molar-refractivity contribution >= 4 is 19.1 Å². The van der Waals surface area contributed by atoms with E-state index in [9.17, 15) is 24.9 Å². The second kappa shape index (κ2) is 14.3. The predicted octanol–water partition coefficient (Wildman–Crippen LogP) is 1.55. The zero-order valence-electron chi connectivity index (χ0n) is 24.1. The highest BCUT2D eigenvalue weighted by atomic mass is 16.5. The maximum atomic E-state index is 13.6. The van der Waals surface area contributed by atoms with Gasteiger partial charge in [0.1, 0.15) is 18.2 Å². The molecule has 4 rings (SSSR count). The van der Waals surface area contributed by atoms with Crippen molar-refractivity contribution in [1.82, 2.24) is 20.0 Å². The second-order valence-corrected chi connectivity index (χ2v) is 11.6. The quantitative estimate of drug-likeness (QED) is 0.218. The van der Waals surface area contributed by atoms with E-state index in [4.69, 9.17) is 9.47 Å². The molecular formula is C29H42BN5O6. The van der Waals surface area contributed by atoms with E-state index in [2.05, 4.69) is 21.2 Å². The highest BCUT2D eigenvalue weighted by Gasteiger charge is 2.36. The van der Waals surface area contributed by atoms with Crippen molar-refractivity contribution in [3.05, 3.63) is 47.5 Å². The molecule has 3 N–H and O–H groups in total. The average Bonchev–Trinajstić information content (AvgIpc) is 2.94. The van der Waals surface area contributed by atoms with Gasteiger partial charge in [-0.15, -0.1) is 0 Å². The van der Waals surface area contributed by atoms with Crippen LogP contribution in [0.3, 0.4) is 0 Å². The van der Waals surface area contributed by atoms with Crippen LogP contribution in [0.4, 0.5) is 4.79 Å². The first-order chi connectivity index (χ1) is 19.7. The van der Waals surface area contributed by atoms with Gasteiger partial charge in [-0.3, -0.25) is 14.6 Å². The average molecular weight is 567 g/mol. The molecule has 1 aromatic rings. The lowest BCUT2D eigenvalue weighted by atomic mass is 9.79. The number of alkyl carbamates (subject to hydrolysis) is 1. The summed E-state index contributed by atoms with van der Waals surface area (Å²) in [6.07, 6.45) is 3.34. The van der Waals surface area contributed by atoms with Gasteiger partial charge in [-0.2, -0.15) is 5.26 Å². The molecule has 3 heterocycles. The van der Waals surface area contributed by atoms with E-state index in [0.717, 1.165) is 57.8 Å². The van der Waals surface area contributed by atoms with Crippen LogP contribution in [-0.4, -0.2) is 114 Å². The third kappa shape index (κ3) is 8.30. The van der Waals surface area contributed by atoms with Crippen molar-refractivity contribution in [3.8, 4) is 6.07 Å². The maximum absolute atomic E-state index is 13.6. The van der Waals surface area contributed by atoms with Crippen LogP contribution in [-0.2, 0) is 14.3 Å². The summed E-state index contributed by atoms with van der Waals surface area (Å²) < 4.78 is 10.8. The van der Waals surface area contributed by atoms with Gasteiger partial charge in [-0.25, -0.2) is 4.79 Å². The van der Waals surface area contributed by atoms with Crippen LogP contribution >= 0.6 is 0 Å². The Hall–Kier alpha value is -2.95. The number of likely N-dealkylation sites (tertiary alicyclic amines) is 1. The first kappa shape index (κ1) is 31.0. The third-order valence-corrected chi connectivity index (χ3v) is 8.35. The van der Waals surface area contributed by atoms with Crippen LogP contribution in [0.25, 0.3) is 0 Å². The topological polar surface area (TPSA) is 139 Å². The van der Waals surface area contributed by atoms with Gasteiger partial charge in [-0.1, -0.05) is 30.3 Å². The lowest BCUT2D eigenvalue weighted by Gasteiger charge is -2.46. The molecule has 222 valence electrons. The van der Waals surface area contributed by atoms with Gasteiger partial charge in [0.25, 0.3) is 5.91 Å². The molecule has 0 bridgehead atoms. The number of piperidine rings is 1. The Kier molecular flexibility index (Phi) is 10.8. The molecule has 0 spiro atoms. The minimum Gasteiger partial charge on any atom is -0.447 e. The Morgan fingerprint density at radius 3 is 2.49 bits per heavy atom. The van der Waals surface area contributed by atoms with Crippen LogP contribution in [0.1, 0.15) is 44.7 Å². The van der Waals surface area contributed by atoms with Gasteiger partial charge < -0.3 is 29.7 Å². The number of hydrogen-bond acceptors (Lipinski definition) is 9. The standard InChI is InChI=1S/C29H42BN5O6/c1-29(2,34-14-12-33(13-15-34)25-19-40-20-25)16-23(18-31)27(36)35-11-7-6-10-24(35)21-41-28(37)32-26(17-30(38)39)22-8-4-3-5-9-22/h3-5,8-9,16,24-26,38-39H,6-7,10-15,17,19-21H2,1-2H3,(H,32,37)/t24-,26-/m1/s1. The number of amides is 2. The van der Waals surface area contributed by atoms with Crippen molar-refractivity contribution in [2.24, 2.45) is 0 Å². The minimum absolute atomic E-state index is 0.0182. The first-order valence-electron chi connectivity index (χ1n) is 14.5. The molecule has 11 nitrogen and oxygen atoms in total. The Balaban J connectivity index is 1.36. The van der Waals surface area contributed by atoms with E-state index in [1.165, 1.54) is 0 Å². The summed E-state index contributed by atoms with van der Waals surface area (Å²) in [4.78, 5) is 32.7. The molecule has 0 unspecified atom stereocenters. The van der Waals surface area contributed by atoms with Crippen LogP contribution in [0.15, 0.2) is 42.0 Å². The van der Waals surface area contributed by atoms with E-state index < -0.39 is 24.8 Å². The lowest BCUT2D eigenvalue weighted by Crippen LogP contribution is -2.59. The smallest absolute Gasteiger partial charge is 0.447 e. The molecule has 3 aliphatic rings. The third-order valence-electron chi connectivity index (χ3n) is 8.35.